The molecule has 0 fully saturated rings. The van der Waals surface area contributed by atoms with Gasteiger partial charge in [0.25, 0.3) is 0 Å². The zero-order valence-electron chi connectivity index (χ0n) is 14.9. The molecular weight excluding hydrogens is 346 g/mol. The summed E-state index contributed by atoms with van der Waals surface area (Å²) in [6.07, 6.45) is 1.53. The van der Waals surface area contributed by atoms with Crippen LogP contribution in [0.5, 0.6) is 0 Å². The van der Waals surface area contributed by atoms with Gasteiger partial charge in [-0.3, -0.25) is 4.79 Å². The first-order valence-corrected chi connectivity index (χ1v) is 9.50. The van der Waals surface area contributed by atoms with Gasteiger partial charge in [-0.2, -0.15) is 10.1 Å². The summed E-state index contributed by atoms with van der Waals surface area (Å²) >= 11 is 1.63. The zero-order chi connectivity index (χ0) is 18.3. The Labute approximate surface area is 156 Å². The van der Waals surface area contributed by atoms with E-state index in [1.165, 1.54) is 11.9 Å². The molecular formula is C19H21N5OS. The first-order valence-electron chi connectivity index (χ1n) is 8.62. The number of fused-ring (bicyclic) bond motifs is 1. The summed E-state index contributed by atoms with van der Waals surface area (Å²) in [6.45, 7) is 6.08. The number of benzene rings is 1. The number of nitrogens with zero attached hydrogens (tertiary/aromatic N) is 3. The van der Waals surface area contributed by atoms with E-state index in [4.69, 9.17) is 0 Å². The van der Waals surface area contributed by atoms with Crippen LogP contribution in [0.1, 0.15) is 29.0 Å². The lowest BCUT2D eigenvalue weighted by Crippen LogP contribution is -2.46. The Balaban J connectivity index is 1.70. The minimum Gasteiger partial charge on any atom is -0.351 e. The maximum Gasteiger partial charge on any atom is 0.232 e. The van der Waals surface area contributed by atoms with Gasteiger partial charge in [0, 0.05) is 16.6 Å². The lowest BCUT2D eigenvalue weighted by molar-refractivity contribution is -0.121. The van der Waals surface area contributed by atoms with Gasteiger partial charge in [-0.25, -0.2) is 4.68 Å². The number of hydrogen-bond acceptors (Lipinski definition) is 5. The number of aryl methyl sites for hydroxylation is 2. The molecule has 3 heterocycles. The normalized spacial score (nSPS) is 21.7. The molecule has 6 nitrogen and oxygen atoms in total. The van der Waals surface area contributed by atoms with Crippen LogP contribution in [0.2, 0.25) is 0 Å². The quantitative estimate of drug-likeness (QED) is 0.742. The molecule has 7 heteroatoms. The number of carbonyl (C=O) groups excluding carboxylic acids is 1. The Morgan fingerprint density at radius 3 is 2.88 bits per heavy atom. The molecule has 1 aromatic carbocycles. The predicted molar refractivity (Wildman–Crippen MR) is 104 cm³/mol. The maximum absolute atomic E-state index is 13.2. The third-order valence-corrected chi connectivity index (χ3v) is 5.79. The number of hydrogen-bond donors (Lipinski definition) is 2. The van der Waals surface area contributed by atoms with Crippen molar-refractivity contribution in [3.8, 4) is 0 Å². The largest absolute Gasteiger partial charge is 0.351 e. The minimum absolute atomic E-state index is 0.0171. The van der Waals surface area contributed by atoms with Gasteiger partial charge < -0.3 is 10.6 Å². The van der Waals surface area contributed by atoms with Crippen molar-refractivity contribution in [2.75, 3.05) is 10.6 Å². The fraction of sp³-hybridized carbons (Fsp3) is 0.316. The van der Waals surface area contributed by atoms with Gasteiger partial charge in [0.1, 0.15) is 12.4 Å². The molecule has 4 rings (SSSR count). The Morgan fingerprint density at radius 1 is 1.31 bits per heavy atom. The van der Waals surface area contributed by atoms with Gasteiger partial charge in [0.15, 0.2) is 0 Å². The summed E-state index contributed by atoms with van der Waals surface area (Å²) in [5, 5.41) is 12.8. The number of aromatic nitrogens is 3. The number of amides is 1. The Kier molecular flexibility index (Phi) is 4.24. The fourth-order valence-electron chi connectivity index (χ4n) is 3.57. The average molecular weight is 367 g/mol. The molecule has 0 spiro atoms. The molecule has 0 unspecified atom stereocenters. The molecule has 2 N–H and O–H groups in total. The molecule has 0 bridgehead atoms. The molecule has 0 saturated carbocycles. The number of thiophene rings is 1. The van der Waals surface area contributed by atoms with E-state index in [2.05, 4.69) is 32.8 Å². The third-order valence-electron chi connectivity index (χ3n) is 4.85. The molecule has 1 aliphatic heterocycles. The molecule has 3 atom stereocenters. The summed E-state index contributed by atoms with van der Waals surface area (Å²) in [7, 11) is 0. The fourth-order valence-corrected chi connectivity index (χ4v) is 4.43. The second kappa shape index (κ2) is 6.57. The molecule has 3 aromatic rings. The van der Waals surface area contributed by atoms with Gasteiger partial charge >= 0.3 is 0 Å². The van der Waals surface area contributed by atoms with E-state index in [9.17, 15) is 4.79 Å². The van der Waals surface area contributed by atoms with Crippen LogP contribution in [0.3, 0.4) is 0 Å². The second-order valence-corrected chi connectivity index (χ2v) is 7.73. The van der Waals surface area contributed by atoms with Crippen LogP contribution < -0.4 is 10.6 Å². The highest BCUT2D eigenvalue weighted by molar-refractivity contribution is 7.10. The highest BCUT2D eigenvalue weighted by atomic mass is 32.1. The topological polar surface area (TPSA) is 71.8 Å². The summed E-state index contributed by atoms with van der Waals surface area (Å²) in [5.74, 6) is 0.381. The first-order chi connectivity index (χ1) is 12.5. The smallest absolute Gasteiger partial charge is 0.232 e. The summed E-state index contributed by atoms with van der Waals surface area (Å²) in [6, 6.07) is 9.87. The molecule has 26 heavy (non-hydrogen) atoms. The monoisotopic (exact) mass is 367 g/mol. The second-order valence-electron chi connectivity index (χ2n) is 6.75. The Morgan fingerprint density at radius 2 is 2.15 bits per heavy atom. The van der Waals surface area contributed by atoms with Crippen molar-refractivity contribution in [3.63, 3.8) is 0 Å². The Bertz CT molecular complexity index is 933. The molecule has 1 amide bonds. The van der Waals surface area contributed by atoms with Gasteiger partial charge in [-0.1, -0.05) is 23.8 Å². The van der Waals surface area contributed by atoms with E-state index < -0.39 is 0 Å². The van der Waals surface area contributed by atoms with Crippen LogP contribution in [0.25, 0.3) is 0 Å². The molecule has 0 saturated heterocycles. The van der Waals surface area contributed by atoms with Crippen LogP contribution in [0.15, 0.2) is 42.0 Å². The standard InChI is InChI=1S/C19H21N5OS/c1-11-6-7-14(12(2)9-11)23-18(25)16-13(3)22-19-20-10-21-24(19)17(16)15-5-4-8-26-15/h4-10,13,16-17H,1-3H3,(H,23,25)(H,20,21,22)/t13-,16-,17-/m1/s1. The molecule has 1 aliphatic rings. The third kappa shape index (κ3) is 2.88. The van der Waals surface area contributed by atoms with E-state index in [-0.39, 0.29) is 23.9 Å². The predicted octanol–water partition coefficient (Wildman–Crippen LogP) is 3.61. The summed E-state index contributed by atoms with van der Waals surface area (Å²) in [4.78, 5) is 18.6. The lowest BCUT2D eigenvalue weighted by Gasteiger charge is -2.36. The number of nitrogens with one attached hydrogen (secondary N) is 2. The van der Waals surface area contributed by atoms with Gasteiger partial charge in [0.05, 0.1) is 5.92 Å². The number of carbonyl (C=O) groups is 1. The summed E-state index contributed by atoms with van der Waals surface area (Å²) in [5.41, 5.74) is 3.09. The SMILES string of the molecule is Cc1ccc(NC(=O)[C@H]2[C@@H](c3cccs3)n3ncnc3N[C@@H]2C)c(C)c1. The van der Waals surface area contributed by atoms with Crippen LogP contribution in [-0.2, 0) is 4.79 Å². The minimum atomic E-state index is -0.302. The van der Waals surface area contributed by atoms with Crippen molar-refractivity contribution in [1.82, 2.24) is 14.8 Å². The highest BCUT2D eigenvalue weighted by Gasteiger charge is 2.41. The summed E-state index contributed by atoms with van der Waals surface area (Å²) < 4.78 is 1.82. The lowest BCUT2D eigenvalue weighted by atomic mass is 9.88. The van der Waals surface area contributed by atoms with E-state index in [1.807, 2.05) is 49.0 Å². The van der Waals surface area contributed by atoms with E-state index in [0.717, 1.165) is 16.1 Å². The number of rotatable bonds is 3. The van der Waals surface area contributed by atoms with Crippen molar-refractivity contribution in [3.05, 3.63) is 58.0 Å². The van der Waals surface area contributed by atoms with Crippen LogP contribution in [0, 0.1) is 19.8 Å². The number of anilines is 2. The van der Waals surface area contributed by atoms with Crippen molar-refractivity contribution in [2.24, 2.45) is 5.92 Å². The van der Waals surface area contributed by atoms with Crippen LogP contribution >= 0.6 is 11.3 Å². The Hall–Kier alpha value is -2.67. The van der Waals surface area contributed by atoms with Crippen molar-refractivity contribution in [2.45, 2.75) is 32.9 Å². The van der Waals surface area contributed by atoms with Crippen molar-refractivity contribution >= 4 is 28.9 Å². The molecule has 134 valence electrons. The van der Waals surface area contributed by atoms with E-state index in [1.54, 1.807) is 11.3 Å². The van der Waals surface area contributed by atoms with Crippen molar-refractivity contribution < 1.29 is 4.79 Å². The van der Waals surface area contributed by atoms with Crippen molar-refractivity contribution in [1.29, 1.82) is 0 Å². The highest BCUT2D eigenvalue weighted by Crippen LogP contribution is 2.38. The van der Waals surface area contributed by atoms with Gasteiger partial charge in [0.2, 0.25) is 11.9 Å². The van der Waals surface area contributed by atoms with E-state index >= 15 is 0 Å². The first kappa shape index (κ1) is 16.8. The van der Waals surface area contributed by atoms with Gasteiger partial charge in [-0.15, -0.1) is 11.3 Å². The molecule has 0 radical (unpaired) electrons. The average Bonchev–Trinajstić information content (AvgIpc) is 3.27. The molecule has 0 aliphatic carbocycles. The van der Waals surface area contributed by atoms with E-state index in [0.29, 0.717) is 5.95 Å². The maximum atomic E-state index is 13.2. The van der Waals surface area contributed by atoms with Crippen LogP contribution in [-0.4, -0.2) is 26.7 Å². The van der Waals surface area contributed by atoms with Gasteiger partial charge in [-0.05, 0) is 43.8 Å². The molecule has 2 aromatic heterocycles. The van der Waals surface area contributed by atoms with Crippen LogP contribution in [0.4, 0.5) is 11.6 Å². The zero-order valence-corrected chi connectivity index (χ0v) is 15.7.